The first kappa shape index (κ1) is 24.3. The molecule has 35 heavy (non-hydrogen) atoms. The van der Waals surface area contributed by atoms with Gasteiger partial charge in [0.2, 0.25) is 17.7 Å². The van der Waals surface area contributed by atoms with Crippen molar-refractivity contribution in [3.05, 3.63) is 59.8 Å². The second-order valence-electron chi connectivity index (χ2n) is 7.95. The zero-order valence-electron chi connectivity index (χ0n) is 19.7. The zero-order chi connectivity index (χ0) is 24.6. The van der Waals surface area contributed by atoms with Gasteiger partial charge in [-0.3, -0.25) is 4.79 Å². The lowest BCUT2D eigenvalue weighted by Crippen LogP contribution is -2.30. The Balaban J connectivity index is 1.54. The van der Waals surface area contributed by atoms with Crippen LogP contribution in [-0.4, -0.2) is 41.1 Å². The molecule has 2 aromatic heterocycles. The second-order valence-corrected chi connectivity index (χ2v) is 8.36. The summed E-state index contributed by atoms with van der Waals surface area (Å²) in [6.45, 7) is 3.77. The molecule has 1 saturated heterocycles. The van der Waals surface area contributed by atoms with Crippen molar-refractivity contribution >= 4 is 52.2 Å². The van der Waals surface area contributed by atoms with E-state index in [1.165, 1.54) is 31.5 Å². The number of piperidine rings is 1. The summed E-state index contributed by atoms with van der Waals surface area (Å²) >= 11 is 6.37. The van der Waals surface area contributed by atoms with Crippen LogP contribution in [0.25, 0.3) is 0 Å². The fourth-order valence-electron chi connectivity index (χ4n) is 3.77. The molecule has 10 heteroatoms. The number of rotatable bonds is 8. The van der Waals surface area contributed by atoms with Gasteiger partial charge in [0.05, 0.1) is 24.7 Å². The van der Waals surface area contributed by atoms with Gasteiger partial charge >= 0.3 is 0 Å². The predicted molar refractivity (Wildman–Crippen MR) is 140 cm³/mol. The number of pyridine rings is 1. The lowest BCUT2D eigenvalue weighted by Gasteiger charge is -2.28. The molecule has 0 bridgehead atoms. The molecule has 3 N–H and O–H groups in total. The van der Waals surface area contributed by atoms with Gasteiger partial charge in [0.15, 0.2) is 5.82 Å². The molecule has 4 rings (SSSR count). The summed E-state index contributed by atoms with van der Waals surface area (Å²) in [4.78, 5) is 27.8. The maximum atomic E-state index is 12.0. The Bertz CT molecular complexity index is 1210. The predicted octanol–water partition coefficient (Wildman–Crippen LogP) is 5.53. The number of aromatic nitrogens is 3. The number of nitrogens with zero attached hydrogens (tertiary/aromatic N) is 4. The summed E-state index contributed by atoms with van der Waals surface area (Å²) in [5.74, 6) is 1.82. The van der Waals surface area contributed by atoms with E-state index in [0.717, 1.165) is 18.9 Å². The molecule has 3 heterocycles. The second kappa shape index (κ2) is 11.5. The summed E-state index contributed by atoms with van der Waals surface area (Å²) < 4.78 is 5.53. The van der Waals surface area contributed by atoms with E-state index >= 15 is 0 Å². The van der Waals surface area contributed by atoms with Crippen molar-refractivity contribution in [3.8, 4) is 5.88 Å². The van der Waals surface area contributed by atoms with E-state index in [1.807, 2.05) is 30.3 Å². The summed E-state index contributed by atoms with van der Waals surface area (Å²) in [5, 5.41) is 9.51. The Morgan fingerprint density at radius 3 is 2.54 bits per heavy atom. The molecule has 0 radical (unpaired) electrons. The largest absolute Gasteiger partial charge is 0.479 e. The molecular formula is C25H28ClN7O2. The quantitative estimate of drug-likeness (QED) is 0.352. The highest BCUT2D eigenvalue weighted by molar-refractivity contribution is 6.33. The van der Waals surface area contributed by atoms with Crippen LogP contribution in [-0.2, 0) is 4.79 Å². The summed E-state index contributed by atoms with van der Waals surface area (Å²) in [6.07, 6.45) is 8.22. The molecule has 1 fully saturated rings. The highest BCUT2D eigenvalue weighted by atomic mass is 35.5. The van der Waals surface area contributed by atoms with Crippen LogP contribution < -0.4 is 25.6 Å². The number of carbonyl (C=O) groups is 1. The van der Waals surface area contributed by atoms with Gasteiger partial charge in [-0.1, -0.05) is 29.8 Å². The molecule has 1 aliphatic heterocycles. The number of para-hydroxylation sites is 2. The number of allylic oxidation sites excluding steroid dienone is 1. The standard InChI is InChI=1S/C25H28ClN7O2/c1-3-9-22(34)28-18-10-5-6-11-19(18)29-23-17(26)16-27-25(32-23)30-20-12-13-21(31-24(20)35-2)33-14-7-4-8-15-33/h3,5-6,9-13,16H,4,7-8,14-15H2,1-2H3,(H,28,34)(H2,27,29,30,32)/b9-3+. The number of carbonyl (C=O) groups excluding carboxylic acids is 1. The van der Waals surface area contributed by atoms with Gasteiger partial charge in [0, 0.05) is 13.1 Å². The molecule has 1 amide bonds. The lowest BCUT2D eigenvalue weighted by atomic mass is 10.1. The Hall–Kier alpha value is -3.85. The van der Waals surface area contributed by atoms with E-state index in [1.54, 1.807) is 26.2 Å². The molecular weight excluding hydrogens is 466 g/mol. The maximum absolute atomic E-state index is 12.0. The number of hydrogen-bond acceptors (Lipinski definition) is 8. The highest BCUT2D eigenvalue weighted by Crippen LogP contribution is 2.32. The number of benzene rings is 1. The normalized spacial score (nSPS) is 13.5. The van der Waals surface area contributed by atoms with Crippen LogP contribution in [0.1, 0.15) is 26.2 Å². The van der Waals surface area contributed by atoms with Crippen LogP contribution in [0, 0.1) is 0 Å². The highest BCUT2D eigenvalue weighted by Gasteiger charge is 2.16. The third kappa shape index (κ3) is 6.19. The van der Waals surface area contributed by atoms with Gasteiger partial charge in [-0.25, -0.2) is 4.98 Å². The number of hydrogen-bond donors (Lipinski definition) is 3. The molecule has 9 nitrogen and oxygen atoms in total. The Labute approximate surface area is 209 Å². The Morgan fingerprint density at radius 1 is 1.03 bits per heavy atom. The molecule has 182 valence electrons. The molecule has 0 unspecified atom stereocenters. The SMILES string of the molecule is C/C=C/C(=O)Nc1ccccc1Nc1nc(Nc2ccc(N3CCCCC3)nc2OC)ncc1Cl. The fourth-order valence-corrected chi connectivity index (χ4v) is 3.91. The number of ether oxygens (including phenoxy) is 1. The Kier molecular flexibility index (Phi) is 7.99. The van der Waals surface area contributed by atoms with Crippen LogP contribution in [0.2, 0.25) is 5.02 Å². The van der Waals surface area contributed by atoms with Crippen LogP contribution >= 0.6 is 11.6 Å². The number of anilines is 6. The molecule has 1 aliphatic rings. The molecule has 0 spiro atoms. The first-order valence-corrected chi connectivity index (χ1v) is 11.8. The van der Waals surface area contributed by atoms with Gasteiger partial charge in [0.25, 0.3) is 0 Å². The Morgan fingerprint density at radius 2 is 1.80 bits per heavy atom. The van der Waals surface area contributed by atoms with Gasteiger partial charge < -0.3 is 25.6 Å². The number of methoxy groups -OCH3 is 1. The van der Waals surface area contributed by atoms with E-state index in [2.05, 4.69) is 35.8 Å². The molecule has 0 aliphatic carbocycles. The molecule has 0 atom stereocenters. The minimum atomic E-state index is -0.231. The van der Waals surface area contributed by atoms with Crippen molar-refractivity contribution in [2.45, 2.75) is 26.2 Å². The number of amides is 1. The minimum absolute atomic E-state index is 0.231. The first-order valence-electron chi connectivity index (χ1n) is 11.5. The molecule has 1 aromatic carbocycles. The van der Waals surface area contributed by atoms with Crippen molar-refractivity contribution in [1.29, 1.82) is 0 Å². The van der Waals surface area contributed by atoms with Crippen LogP contribution in [0.4, 0.5) is 34.6 Å². The molecule has 0 saturated carbocycles. The summed E-state index contributed by atoms with van der Waals surface area (Å²) in [6, 6.07) is 11.2. The van der Waals surface area contributed by atoms with E-state index in [4.69, 9.17) is 16.3 Å². The number of halogens is 1. The minimum Gasteiger partial charge on any atom is -0.479 e. The van der Waals surface area contributed by atoms with Gasteiger partial charge in [-0.2, -0.15) is 9.97 Å². The first-order chi connectivity index (χ1) is 17.1. The van der Waals surface area contributed by atoms with Crippen LogP contribution in [0.5, 0.6) is 5.88 Å². The average Bonchev–Trinajstić information content (AvgIpc) is 2.88. The van der Waals surface area contributed by atoms with E-state index < -0.39 is 0 Å². The van der Waals surface area contributed by atoms with Crippen LogP contribution in [0.3, 0.4) is 0 Å². The van der Waals surface area contributed by atoms with Crippen molar-refractivity contribution in [3.63, 3.8) is 0 Å². The van der Waals surface area contributed by atoms with E-state index in [0.29, 0.717) is 39.7 Å². The van der Waals surface area contributed by atoms with Gasteiger partial charge in [-0.15, -0.1) is 0 Å². The maximum Gasteiger partial charge on any atom is 0.248 e. The van der Waals surface area contributed by atoms with Crippen molar-refractivity contribution < 1.29 is 9.53 Å². The fraction of sp³-hybridized carbons (Fsp3) is 0.280. The van der Waals surface area contributed by atoms with Crippen molar-refractivity contribution in [1.82, 2.24) is 15.0 Å². The van der Waals surface area contributed by atoms with Crippen molar-refractivity contribution in [2.24, 2.45) is 0 Å². The third-order valence-electron chi connectivity index (χ3n) is 5.47. The monoisotopic (exact) mass is 493 g/mol. The third-order valence-corrected chi connectivity index (χ3v) is 5.74. The smallest absolute Gasteiger partial charge is 0.248 e. The van der Waals surface area contributed by atoms with E-state index in [9.17, 15) is 4.79 Å². The van der Waals surface area contributed by atoms with Gasteiger partial charge in [-0.05, 0) is 56.5 Å². The zero-order valence-corrected chi connectivity index (χ0v) is 20.5. The topological polar surface area (TPSA) is 104 Å². The summed E-state index contributed by atoms with van der Waals surface area (Å²) in [7, 11) is 1.59. The van der Waals surface area contributed by atoms with E-state index in [-0.39, 0.29) is 5.91 Å². The number of nitrogens with one attached hydrogen (secondary N) is 3. The molecule has 3 aromatic rings. The van der Waals surface area contributed by atoms with Gasteiger partial charge in [0.1, 0.15) is 16.5 Å². The van der Waals surface area contributed by atoms with Crippen LogP contribution in [0.15, 0.2) is 54.7 Å². The lowest BCUT2D eigenvalue weighted by molar-refractivity contribution is -0.111. The average molecular weight is 494 g/mol. The van der Waals surface area contributed by atoms with Crippen molar-refractivity contribution in [2.75, 3.05) is 41.0 Å². The summed E-state index contributed by atoms with van der Waals surface area (Å²) in [5.41, 5.74) is 1.88.